The summed E-state index contributed by atoms with van der Waals surface area (Å²) in [7, 11) is -3.61. The van der Waals surface area contributed by atoms with Gasteiger partial charge in [-0.2, -0.15) is 9.57 Å². The van der Waals surface area contributed by atoms with Crippen LogP contribution >= 0.6 is 0 Å². The van der Waals surface area contributed by atoms with Gasteiger partial charge in [0.1, 0.15) is 0 Å². The number of hydrogen-bond donors (Lipinski definition) is 1. The van der Waals surface area contributed by atoms with Crippen LogP contribution in [0.3, 0.4) is 0 Å². The van der Waals surface area contributed by atoms with Crippen molar-refractivity contribution in [2.24, 2.45) is 5.41 Å². The average molecular weight is 378 g/mol. The molecule has 26 heavy (non-hydrogen) atoms. The number of urea groups is 1. The van der Waals surface area contributed by atoms with Gasteiger partial charge in [-0.25, -0.2) is 13.2 Å². The molecule has 0 saturated carbocycles. The highest BCUT2D eigenvalue weighted by atomic mass is 32.2. The molecule has 1 aliphatic heterocycles. The van der Waals surface area contributed by atoms with Crippen LogP contribution in [0.5, 0.6) is 0 Å². The van der Waals surface area contributed by atoms with Crippen LogP contribution in [0.25, 0.3) is 0 Å². The van der Waals surface area contributed by atoms with Gasteiger partial charge in [0.05, 0.1) is 16.5 Å². The van der Waals surface area contributed by atoms with E-state index in [2.05, 4.69) is 26.1 Å². The molecule has 0 unspecified atom stereocenters. The van der Waals surface area contributed by atoms with Crippen molar-refractivity contribution in [1.29, 1.82) is 5.26 Å². The lowest BCUT2D eigenvalue weighted by atomic mass is 9.92. The largest absolute Gasteiger partial charge is 0.338 e. The fraction of sp³-hybridized carbons (Fsp3) is 0.556. The Morgan fingerprint density at radius 2 is 1.73 bits per heavy atom. The third-order valence-electron chi connectivity index (χ3n) is 4.30. The Balaban J connectivity index is 1.90. The van der Waals surface area contributed by atoms with Crippen molar-refractivity contribution in [2.75, 3.05) is 32.7 Å². The molecule has 8 heteroatoms. The maximum Gasteiger partial charge on any atom is 0.317 e. The van der Waals surface area contributed by atoms with E-state index < -0.39 is 10.0 Å². The van der Waals surface area contributed by atoms with Gasteiger partial charge in [-0.1, -0.05) is 20.8 Å². The number of piperazine rings is 1. The first-order valence-electron chi connectivity index (χ1n) is 8.66. The molecule has 142 valence electrons. The highest BCUT2D eigenvalue weighted by molar-refractivity contribution is 7.89. The van der Waals surface area contributed by atoms with Gasteiger partial charge in [0.25, 0.3) is 0 Å². The van der Waals surface area contributed by atoms with Gasteiger partial charge in [-0.3, -0.25) is 0 Å². The highest BCUT2D eigenvalue weighted by Crippen LogP contribution is 2.19. The number of sulfonamides is 1. The number of rotatable bonds is 4. The fourth-order valence-corrected chi connectivity index (χ4v) is 4.06. The van der Waals surface area contributed by atoms with Gasteiger partial charge in [-0.15, -0.1) is 0 Å². The summed E-state index contributed by atoms with van der Waals surface area (Å²) < 4.78 is 26.7. The molecular weight excluding hydrogens is 352 g/mol. The van der Waals surface area contributed by atoms with Crippen LogP contribution in [0.1, 0.15) is 32.8 Å². The van der Waals surface area contributed by atoms with Crippen LogP contribution < -0.4 is 5.32 Å². The molecule has 0 spiro atoms. The van der Waals surface area contributed by atoms with Crippen LogP contribution in [0.15, 0.2) is 29.2 Å². The second-order valence-corrected chi connectivity index (χ2v) is 9.51. The molecule has 1 aliphatic rings. The smallest absolute Gasteiger partial charge is 0.317 e. The average Bonchev–Trinajstić information content (AvgIpc) is 2.60. The summed E-state index contributed by atoms with van der Waals surface area (Å²) in [5, 5.41) is 11.7. The second kappa shape index (κ2) is 8.06. The van der Waals surface area contributed by atoms with Crippen LogP contribution in [-0.4, -0.2) is 56.4 Å². The van der Waals surface area contributed by atoms with Gasteiger partial charge in [0, 0.05) is 32.7 Å². The number of nitrogens with one attached hydrogen (secondary N) is 1. The van der Waals surface area contributed by atoms with Crippen LogP contribution in [0.2, 0.25) is 0 Å². The van der Waals surface area contributed by atoms with Crippen LogP contribution in [-0.2, 0) is 10.0 Å². The molecule has 0 bridgehead atoms. The highest BCUT2D eigenvalue weighted by Gasteiger charge is 2.30. The molecule has 0 aliphatic carbocycles. The molecule has 0 radical (unpaired) electrons. The van der Waals surface area contributed by atoms with E-state index in [1.165, 1.54) is 28.6 Å². The third kappa shape index (κ3) is 5.19. The Bertz CT molecular complexity index is 768. The zero-order valence-electron chi connectivity index (χ0n) is 15.5. The topological polar surface area (TPSA) is 93.5 Å². The van der Waals surface area contributed by atoms with E-state index in [0.717, 1.165) is 6.42 Å². The van der Waals surface area contributed by atoms with Crippen molar-refractivity contribution >= 4 is 16.1 Å². The molecule has 1 heterocycles. The van der Waals surface area contributed by atoms with Gasteiger partial charge < -0.3 is 10.2 Å². The lowest BCUT2D eigenvalue weighted by Crippen LogP contribution is -2.53. The summed E-state index contributed by atoms with van der Waals surface area (Å²) in [6, 6.07) is 7.69. The van der Waals surface area contributed by atoms with E-state index >= 15 is 0 Å². The standard InChI is InChI=1S/C18H26N4O3S/c1-18(2,3)8-9-20-17(23)21-10-12-22(13-11-21)26(24,25)16-6-4-15(14-19)5-7-16/h4-7H,8-13H2,1-3H3,(H,20,23). The van der Waals surface area contributed by atoms with Crippen LogP contribution in [0.4, 0.5) is 4.79 Å². The summed E-state index contributed by atoms with van der Waals surface area (Å²) >= 11 is 0. The number of carbonyl (C=O) groups excluding carboxylic acids is 1. The number of amides is 2. The molecule has 0 aromatic heterocycles. The molecule has 1 aromatic carbocycles. The van der Waals surface area contributed by atoms with E-state index in [1.807, 2.05) is 6.07 Å². The summed E-state index contributed by atoms with van der Waals surface area (Å²) in [6.45, 7) is 8.19. The second-order valence-electron chi connectivity index (χ2n) is 7.57. The van der Waals surface area contributed by atoms with E-state index in [9.17, 15) is 13.2 Å². The van der Waals surface area contributed by atoms with Gasteiger partial charge in [0.2, 0.25) is 10.0 Å². The number of benzene rings is 1. The fourth-order valence-electron chi connectivity index (χ4n) is 2.64. The summed E-state index contributed by atoms with van der Waals surface area (Å²) in [5.74, 6) is 0. The molecule has 2 amide bonds. The Morgan fingerprint density at radius 3 is 2.23 bits per heavy atom. The minimum Gasteiger partial charge on any atom is -0.338 e. The van der Waals surface area contributed by atoms with Crippen molar-refractivity contribution in [1.82, 2.24) is 14.5 Å². The molecule has 1 N–H and O–H groups in total. The molecule has 1 saturated heterocycles. The predicted octanol–water partition coefficient (Wildman–Crippen LogP) is 2.01. The summed E-state index contributed by atoms with van der Waals surface area (Å²) in [5.41, 5.74) is 0.571. The van der Waals surface area contributed by atoms with Crippen molar-refractivity contribution in [2.45, 2.75) is 32.1 Å². The van der Waals surface area contributed by atoms with E-state index in [1.54, 1.807) is 4.90 Å². The lowest BCUT2D eigenvalue weighted by Gasteiger charge is -2.34. The Kier molecular flexibility index (Phi) is 6.26. The van der Waals surface area contributed by atoms with E-state index in [0.29, 0.717) is 25.2 Å². The molecule has 2 rings (SSSR count). The van der Waals surface area contributed by atoms with Gasteiger partial charge in [-0.05, 0) is 36.1 Å². The molecule has 7 nitrogen and oxygen atoms in total. The van der Waals surface area contributed by atoms with E-state index in [4.69, 9.17) is 5.26 Å². The van der Waals surface area contributed by atoms with Crippen molar-refractivity contribution < 1.29 is 13.2 Å². The minimum absolute atomic E-state index is 0.148. The van der Waals surface area contributed by atoms with Crippen molar-refractivity contribution in [3.63, 3.8) is 0 Å². The Hall–Kier alpha value is -2.11. The van der Waals surface area contributed by atoms with Gasteiger partial charge >= 0.3 is 6.03 Å². The zero-order chi connectivity index (χ0) is 19.4. The third-order valence-corrected chi connectivity index (χ3v) is 6.21. The summed E-state index contributed by atoms with van der Waals surface area (Å²) in [4.78, 5) is 14.0. The Morgan fingerprint density at radius 1 is 1.15 bits per heavy atom. The molecule has 1 aromatic rings. The maximum absolute atomic E-state index is 12.7. The predicted molar refractivity (Wildman–Crippen MR) is 99.0 cm³/mol. The zero-order valence-corrected chi connectivity index (χ0v) is 16.3. The lowest BCUT2D eigenvalue weighted by molar-refractivity contribution is 0.171. The number of nitrogens with zero attached hydrogens (tertiary/aromatic N) is 3. The maximum atomic E-state index is 12.7. The summed E-state index contributed by atoms with van der Waals surface area (Å²) in [6.07, 6.45) is 0.881. The first-order valence-corrected chi connectivity index (χ1v) is 10.1. The van der Waals surface area contributed by atoms with Crippen LogP contribution in [0, 0.1) is 16.7 Å². The van der Waals surface area contributed by atoms with Crippen molar-refractivity contribution in [3.8, 4) is 6.07 Å². The first-order chi connectivity index (χ1) is 12.1. The number of hydrogen-bond acceptors (Lipinski definition) is 4. The number of nitriles is 1. The van der Waals surface area contributed by atoms with Crippen molar-refractivity contribution in [3.05, 3.63) is 29.8 Å². The van der Waals surface area contributed by atoms with E-state index in [-0.39, 0.29) is 29.4 Å². The Labute approximate surface area is 155 Å². The molecular formula is C18H26N4O3S. The molecule has 0 atom stereocenters. The SMILES string of the molecule is CC(C)(C)CCNC(=O)N1CCN(S(=O)(=O)c2ccc(C#N)cc2)CC1. The van der Waals surface area contributed by atoms with Gasteiger partial charge in [0.15, 0.2) is 0 Å². The number of carbonyl (C=O) groups is 1. The molecule has 1 fully saturated rings. The minimum atomic E-state index is -3.61. The first kappa shape index (κ1) is 20.2. The quantitative estimate of drug-likeness (QED) is 0.867. The monoisotopic (exact) mass is 378 g/mol. The normalized spacial score (nSPS) is 16.2.